The second-order valence-electron chi connectivity index (χ2n) is 5.52. The van der Waals surface area contributed by atoms with Gasteiger partial charge in [0.2, 0.25) is 5.95 Å². The van der Waals surface area contributed by atoms with Crippen molar-refractivity contribution in [3.63, 3.8) is 0 Å². The van der Waals surface area contributed by atoms with Crippen molar-refractivity contribution in [1.29, 1.82) is 0 Å². The first kappa shape index (κ1) is 13.9. The number of H-pyrrole nitrogens is 1. The molecule has 3 rings (SSSR count). The van der Waals surface area contributed by atoms with Crippen LogP contribution in [0.2, 0.25) is 0 Å². The van der Waals surface area contributed by atoms with Gasteiger partial charge in [-0.3, -0.25) is 5.10 Å². The van der Waals surface area contributed by atoms with Crippen LogP contribution in [0.5, 0.6) is 0 Å². The number of benzene rings is 1. The van der Waals surface area contributed by atoms with Crippen LogP contribution in [0.1, 0.15) is 13.3 Å². The van der Waals surface area contributed by atoms with Gasteiger partial charge in [0.15, 0.2) is 5.82 Å². The number of aromatic nitrogens is 3. The topological polar surface area (TPSA) is 70.8 Å². The van der Waals surface area contributed by atoms with Gasteiger partial charge in [-0.15, -0.1) is 5.10 Å². The summed E-state index contributed by atoms with van der Waals surface area (Å²) >= 11 is 0. The molecule has 0 amide bonds. The van der Waals surface area contributed by atoms with Gasteiger partial charge in [0.05, 0.1) is 0 Å². The monoisotopic (exact) mass is 293 g/mol. The van der Waals surface area contributed by atoms with Gasteiger partial charge in [-0.2, -0.15) is 4.98 Å². The van der Waals surface area contributed by atoms with E-state index in [1.165, 1.54) is 12.1 Å². The Morgan fingerprint density at radius 3 is 2.67 bits per heavy atom. The summed E-state index contributed by atoms with van der Waals surface area (Å²) in [6.07, 6.45) is 0.972. The molecule has 1 aromatic heterocycles. The Morgan fingerprint density at radius 1 is 1.29 bits per heavy atom. The summed E-state index contributed by atoms with van der Waals surface area (Å²) in [6, 6.07) is 3.34. The second kappa shape index (κ2) is 5.40. The van der Waals surface area contributed by atoms with Crippen molar-refractivity contribution in [1.82, 2.24) is 15.2 Å². The van der Waals surface area contributed by atoms with Gasteiger partial charge in [-0.05, 0) is 24.5 Å². The summed E-state index contributed by atoms with van der Waals surface area (Å²) in [5, 5.41) is 6.85. The molecule has 2 heterocycles. The molecular formula is C14H17F2N5. The highest BCUT2D eigenvalue weighted by Gasteiger charge is 2.25. The molecule has 3 N–H and O–H groups in total. The SMILES string of the molecule is CC1CCN(c2n[nH]c(-c3cc(F)cc(F)c3)n2)CC1N. The summed E-state index contributed by atoms with van der Waals surface area (Å²) in [4.78, 5) is 6.30. The Labute approximate surface area is 121 Å². The van der Waals surface area contributed by atoms with Crippen LogP contribution in [0.25, 0.3) is 11.4 Å². The molecule has 1 saturated heterocycles. The molecular weight excluding hydrogens is 276 g/mol. The van der Waals surface area contributed by atoms with Crippen LogP contribution in [0.3, 0.4) is 0 Å². The van der Waals surface area contributed by atoms with E-state index in [4.69, 9.17) is 5.73 Å². The van der Waals surface area contributed by atoms with E-state index in [0.29, 0.717) is 29.8 Å². The van der Waals surface area contributed by atoms with E-state index in [0.717, 1.165) is 19.0 Å². The number of nitrogens with zero attached hydrogens (tertiary/aromatic N) is 3. The summed E-state index contributed by atoms with van der Waals surface area (Å²) in [5.41, 5.74) is 6.39. The van der Waals surface area contributed by atoms with Crippen molar-refractivity contribution in [2.24, 2.45) is 11.7 Å². The van der Waals surface area contributed by atoms with E-state index < -0.39 is 11.6 Å². The van der Waals surface area contributed by atoms with Crippen LogP contribution in [0.15, 0.2) is 18.2 Å². The van der Waals surface area contributed by atoms with Gasteiger partial charge in [0.1, 0.15) is 11.6 Å². The lowest BCUT2D eigenvalue weighted by molar-refractivity contribution is 0.376. The number of halogens is 2. The zero-order valence-electron chi connectivity index (χ0n) is 11.7. The molecule has 1 aliphatic heterocycles. The van der Waals surface area contributed by atoms with Crippen LogP contribution in [-0.4, -0.2) is 34.3 Å². The third-order valence-electron chi connectivity index (χ3n) is 3.91. The minimum Gasteiger partial charge on any atom is -0.338 e. The lowest BCUT2D eigenvalue weighted by atomic mass is 9.95. The molecule has 2 aromatic rings. The number of nitrogens with one attached hydrogen (secondary N) is 1. The van der Waals surface area contributed by atoms with Crippen LogP contribution in [0.4, 0.5) is 14.7 Å². The van der Waals surface area contributed by atoms with Crippen LogP contribution in [0, 0.1) is 17.6 Å². The molecule has 0 bridgehead atoms. The van der Waals surface area contributed by atoms with Crippen LogP contribution in [-0.2, 0) is 0 Å². The van der Waals surface area contributed by atoms with Gasteiger partial charge in [0.25, 0.3) is 0 Å². The number of piperidine rings is 1. The number of hydrogen-bond donors (Lipinski definition) is 2. The highest BCUT2D eigenvalue weighted by molar-refractivity contribution is 5.56. The molecule has 1 fully saturated rings. The number of nitrogens with two attached hydrogens (primary N) is 1. The van der Waals surface area contributed by atoms with Gasteiger partial charge in [-0.25, -0.2) is 8.78 Å². The molecule has 21 heavy (non-hydrogen) atoms. The van der Waals surface area contributed by atoms with E-state index in [2.05, 4.69) is 22.1 Å². The van der Waals surface area contributed by atoms with E-state index in [-0.39, 0.29) is 6.04 Å². The Kier molecular flexibility index (Phi) is 3.59. The largest absolute Gasteiger partial charge is 0.338 e. The summed E-state index contributed by atoms with van der Waals surface area (Å²) in [5.74, 6) is 0.0399. The van der Waals surface area contributed by atoms with Gasteiger partial charge in [0, 0.05) is 30.8 Å². The first-order valence-corrected chi connectivity index (χ1v) is 6.92. The molecule has 112 valence electrons. The smallest absolute Gasteiger partial charge is 0.245 e. The molecule has 5 nitrogen and oxygen atoms in total. The fourth-order valence-corrected chi connectivity index (χ4v) is 2.49. The average molecular weight is 293 g/mol. The summed E-state index contributed by atoms with van der Waals surface area (Å²) in [7, 11) is 0. The highest BCUT2D eigenvalue weighted by atomic mass is 19.1. The Balaban J connectivity index is 1.83. The predicted octanol–water partition coefficient (Wildman–Crippen LogP) is 1.92. The average Bonchev–Trinajstić information content (AvgIpc) is 2.90. The van der Waals surface area contributed by atoms with Crippen molar-refractivity contribution >= 4 is 5.95 Å². The Morgan fingerprint density at radius 2 is 2.00 bits per heavy atom. The third kappa shape index (κ3) is 2.87. The number of hydrogen-bond acceptors (Lipinski definition) is 4. The van der Waals surface area contributed by atoms with Crippen molar-refractivity contribution in [2.45, 2.75) is 19.4 Å². The summed E-state index contributed by atoms with van der Waals surface area (Å²) in [6.45, 7) is 3.63. The number of aromatic amines is 1. The normalized spacial score (nSPS) is 22.6. The van der Waals surface area contributed by atoms with Crippen LogP contribution < -0.4 is 10.6 Å². The van der Waals surface area contributed by atoms with E-state index >= 15 is 0 Å². The third-order valence-corrected chi connectivity index (χ3v) is 3.91. The van der Waals surface area contributed by atoms with Crippen molar-refractivity contribution < 1.29 is 8.78 Å². The zero-order chi connectivity index (χ0) is 15.0. The molecule has 2 unspecified atom stereocenters. The second-order valence-corrected chi connectivity index (χ2v) is 5.52. The fraction of sp³-hybridized carbons (Fsp3) is 0.429. The van der Waals surface area contributed by atoms with E-state index in [1.54, 1.807) is 0 Å². The molecule has 0 spiro atoms. The molecule has 2 atom stereocenters. The van der Waals surface area contributed by atoms with Crippen molar-refractivity contribution in [3.8, 4) is 11.4 Å². The molecule has 0 radical (unpaired) electrons. The lowest BCUT2D eigenvalue weighted by Gasteiger charge is -2.34. The molecule has 1 aromatic carbocycles. The summed E-state index contributed by atoms with van der Waals surface area (Å²) < 4.78 is 26.5. The van der Waals surface area contributed by atoms with E-state index in [9.17, 15) is 8.78 Å². The molecule has 0 aliphatic carbocycles. The first-order chi connectivity index (χ1) is 10.0. The maximum absolute atomic E-state index is 13.2. The van der Waals surface area contributed by atoms with E-state index in [1.807, 2.05) is 4.90 Å². The predicted molar refractivity (Wildman–Crippen MR) is 75.7 cm³/mol. The Bertz CT molecular complexity index is 622. The quantitative estimate of drug-likeness (QED) is 0.887. The van der Waals surface area contributed by atoms with Gasteiger partial charge >= 0.3 is 0 Å². The fourth-order valence-electron chi connectivity index (χ4n) is 2.49. The van der Waals surface area contributed by atoms with Crippen molar-refractivity contribution in [3.05, 3.63) is 29.8 Å². The molecule has 7 heteroatoms. The highest BCUT2D eigenvalue weighted by Crippen LogP contribution is 2.23. The molecule has 1 aliphatic rings. The Hall–Kier alpha value is -2.02. The minimum atomic E-state index is -0.642. The van der Waals surface area contributed by atoms with Crippen LogP contribution >= 0.6 is 0 Å². The maximum atomic E-state index is 13.2. The standard InChI is InChI=1S/C14H17F2N5/c1-8-2-3-21(7-12(8)17)14-18-13(19-20-14)9-4-10(15)6-11(16)5-9/h4-6,8,12H,2-3,7,17H2,1H3,(H,18,19,20). The number of rotatable bonds is 2. The number of anilines is 1. The zero-order valence-corrected chi connectivity index (χ0v) is 11.7. The first-order valence-electron chi connectivity index (χ1n) is 6.92. The van der Waals surface area contributed by atoms with Gasteiger partial charge < -0.3 is 10.6 Å². The maximum Gasteiger partial charge on any atom is 0.245 e. The molecule has 0 saturated carbocycles. The lowest BCUT2D eigenvalue weighted by Crippen LogP contribution is -2.48. The minimum absolute atomic E-state index is 0.0762. The van der Waals surface area contributed by atoms with Gasteiger partial charge in [-0.1, -0.05) is 6.92 Å². The van der Waals surface area contributed by atoms with Crippen molar-refractivity contribution in [2.75, 3.05) is 18.0 Å².